The number of hydrogen-bond donors (Lipinski definition) is 1. The van der Waals surface area contributed by atoms with Gasteiger partial charge in [-0.2, -0.15) is 18.4 Å². The van der Waals surface area contributed by atoms with Gasteiger partial charge in [0.15, 0.2) is 0 Å². The zero-order valence-corrected chi connectivity index (χ0v) is 30.5. The number of fused-ring (bicyclic) bond motifs is 1. The Morgan fingerprint density at radius 3 is 2.33 bits per heavy atom. The number of ether oxygens (including phenoxy) is 4. The van der Waals surface area contributed by atoms with E-state index in [4.69, 9.17) is 24.2 Å². The number of anilines is 1. The number of amides is 7. The van der Waals surface area contributed by atoms with Gasteiger partial charge < -0.3 is 18.9 Å². The van der Waals surface area contributed by atoms with Crippen molar-refractivity contribution in [3.05, 3.63) is 70.5 Å². The molecule has 3 aliphatic heterocycles. The van der Waals surface area contributed by atoms with Crippen LogP contribution in [-0.4, -0.2) is 112 Å². The summed E-state index contributed by atoms with van der Waals surface area (Å²) in [6.45, 7) is 3.72. The summed E-state index contributed by atoms with van der Waals surface area (Å²) in [5, 5.41) is 19.2. The first-order valence-corrected chi connectivity index (χ1v) is 17.5. The van der Waals surface area contributed by atoms with E-state index in [2.05, 4.69) is 15.6 Å². The number of rotatable bonds is 16. The first-order chi connectivity index (χ1) is 27.1. The van der Waals surface area contributed by atoms with Gasteiger partial charge in [0.05, 0.1) is 79.8 Å². The number of halogens is 3. The van der Waals surface area contributed by atoms with Crippen molar-refractivity contribution in [1.29, 1.82) is 5.26 Å². The lowest BCUT2D eigenvalue weighted by molar-refractivity contribution is -0.138. The van der Waals surface area contributed by atoms with Crippen molar-refractivity contribution in [2.24, 2.45) is 0 Å². The van der Waals surface area contributed by atoms with Crippen LogP contribution in [0.15, 0.2) is 42.6 Å². The first kappa shape index (κ1) is 40.4. The molecule has 0 aliphatic carbocycles. The van der Waals surface area contributed by atoms with Crippen molar-refractivity contribution in [3.63, 3.8) is 0 Å². The van der Waals surface area contributed by atoms with Crippen molar-refractivity contribution >= 4 is 41.3 Å². The molecule has 0 spiro atoms. The van der Waals surface area contributed by atoms with Crippen molar-refractivity contribution in [2.75, 3.05) is 44.5 Å². The summed E-state index contributed by atoms with van der Waals surface area (Å²) in [6.07, 6.45) is -3.34. The van der Waals surface area contributed by atoms with Crippen molar-refractivity contribution < 1.29 is 60.9 Å². The summed E-state index contributed by atoms with van der Waals surface area (Å²) >= 11 is 0. The van der Waals surface area contributed by atoms with E-state index >= 15 is 0 Å². The average molecular weight is 797 g/mol. The van der Waals surface area contributed by atoms with Gasteiger partial charge in [0, 0.05) is 6.42 Å². The van der Waals surface area contributed by atoms with Crippen LogP contribution in [0.5, 0.6) is 5.75 Å². The molecular formula is C36H35F3N8O10. The van der Waals surface area contributed by atoms with E-state index in [-0.39, 0.29) is 88.3 Å². The van der Waals surface area contributed by atoms with Crippen LogP contribution >= 0.6 is 0 Å². The number of piperidine rings is 1. The Labute approximate surface area is 321 Å². The van der Waals surface area contributed by atoms with Crippen LogP contribution in [0.4, 0.5) is 23.7 Å². The molecule has 0 saturated carbocycles. The summed E-state index contributed by atoms with van der Waals surface area (Å²) in [6, 6.07) is 6.68. The van der Waals surface area contributed by atoms with Gasteiger partial charge in [-0.15, -0.1) is 5.10 Å². The van der Waals surface area contributed by atoms with Crippen LogP contribution in [0.25, 0.3) is 0 Å². The molecule has 21 heteroatoms. The van der Waals surface area contributed by atoms with E-state index in [1.807, 2.05) is 0 Å². The maximum Gasteiger partial charge on any atom is 0.417 e. The van der Waals surface area contributed by atoms with Gasteiger partial charge in [0.2, 0.25) is 11.8 Å². The summed E-state index contributed by atoms with van der Waals surface area (Å²) in [4.78, 5) is 79.2. The monoisotopic (exact) mass is 796 g/mol. The molecule has 4 heterocycles. The number of alkyl halides is 3. The summed E-state index contributed by atoms with van der Waals surface area (Å²) < 4.78 is 64.3. The molecule has 0 bridgehead atoms. The molecule has 1 N–H and O–H groups in total. The minimum atomic E-state index is -4.88. The molecule has 1 unspecified atom stereocenters. The average Bonchev–Trinajstić information content (AvgIpc) is 3.77. The van der Waals surface area contributed by atoms with Gasteiger partial charge >= 0.3 is 12.2 Å². The number of hydrogen-bond acceptors (Lipinski definition) is 13. The molecule has 1 aromatic heterocycles. The second kappa shape index (κ2) is 16.5. The Balaban J connectivity index is 0.884. The van der Waals surface area contributed by atoms with Crippen LogP contribution in [0.1, 0.15) is 64.2 Å². The number of benzene rings is 2. The number of nitrogens with zero attached hydrogens (tertiary/aromatic N) is 7. The van der Waals surface area contributed by atoms with Crippen molar-refractivity contribution in [3.8, 4) is 11.8 Å². The van der Waals surface area contributed by atoms with Crippen LogP contribution < -0.4 is 15.0 Å². The molecule has 18 nitrogen and oxygen atoms in total. The Kier molecular flexibility index (Phi) is 11.7. The molecule has 2 saturated heterocycles. The van der Waals surface area contributed by atoms with Crippen LogP contribution in [0.3, 0.4) is 0 Å². The quantitative estimate of drug-likeness (QED) is 0.125. The largest absolute Gasteiger partial charge is 0.490 e. The summed E-state index contributed by atoms with van der Waals surface area (Å²) in [7, 11) is 0. The molecule has 2 fully saturated rings. The van der Waals surface area contributed by atoms with Crippen LogP contribution in [-0.2, 0) is 48.0 Å². The molecule has 300 valence electrons. The molecule has 3 aliphatic rings. The summed E-state index contributed by atoms with van der Waals surface area (Å²) in [5.74, 6) is -3.08. The zero-order chi connectivity index (χ0) is 41.1. The lowest BCUT2D eigenvalue weighted by Crippen LogP contribution is -2.54. The minimum absolute atomic E-state index is 0.0105. The van der Waals surface area contributed by atoms with Gasteiger partial charge in [0.25, 0.3) is 17.7 Å². The van der Waals surface area contributed by atoms with E-state index in [0.717, 1.165) is 21.9 Å². The number of imide groups is 3. The number of carbonyl (C=O) groups excluding carboxylic acids is 6. The van der Waals surface area contributed by atoms with E-state index in [1.54, 1.807) is 6.07 Å². The van der Waals surface area contributed by atoms with E-state index in [9.17, 15) is 41.9 Å². The third-order valence-corrected chi connectivity index (χ3v) is 9.29. The van der Waals surface area contributed by atoms with Crippen LogP contribution in [0.2, 0.25) is 0 Å². The number of nitriles is 1. The predicted molar refractivity (Wildman–Crippen MR) is 185 cm³/mol. The van der Waals surface area contributed by atoms with Gasteiger partial charge in [0.1, 0.15) is 36.3 Å². The highest BCUT2D eigenvalue weighted by Crippen LogP contribution is 2.38. The van der Waals surface area contributed by atoms with Gasteiger partial charge in [-0.3, -0.25) is 39.1 Å². The van der Waals surface area contributed by atoms with Crippen molar-refractivity contribution in [1.82, 2.24) is 30.1 Å². The van der Waals surface area contributed by atoms with Crippen molar-refractivity contribution in [2.45, 2.75) is 57.7 Å². The highest BCUT2D eigenvalue weighted by atomic mass is 19.4. The smallest absolute Gasteiger partial charge is 0.417 e. The molecule has 6 rings (SSSR count). The molecule has 2 aromatic carbocycles. The number of aromatic nitrogens is 3. The Bertz CT molecular complexity index is 2150. The second-order valence-electron chi connectivity index (χ2n) is 13.4. The third kappa shape index (κ3) is 8.33. The Morgan fingerprint density at radius 1 is 0.947 bits per heavy atom. The predicted octanol–water partition coefficient (Wildman–Crippen LogP) is 2.40. The van der Waals surface area contributed by atoms with E-state index in [0.29, 0.717) is 16.7 Å². The highest BCUT2D eigenvalue weighted by molar-refractivity contribution is 6.25. The molecule has 57 heavy (non-hydrogen) atoms. The van der Waals surface area contributed by atoms with Gasteiger partial charge in [-0.25, -0.2) is 14.4 Å². The maximum atomic E-state index is 13.6. The van der Waals surface area contributed by atoms with Gasteiger partial charge in [-0.05, 0) is 50.6 Å². The highest BCUT2D eigenvalue weighted by Gasteiger charge is 2.52. The van der Waals surface area contributed by atoms with Crippen LogP contribution in [0, 0.1) is 11.3 Å². The number of carbonyl (C=O) groups is 6. The fourth-order valence-corrected chi connectivity index (χ4v) is 6.35. The standard InChI is InChI=1S/C36H35F3N8O10/c1-35(2)33(52)46(23-7-6-21(17-40)25(16-23)36(37,38)39)34(53)45(35)20-44-18-22(42-43-44)19-56-13-12-54-10-11-55-14-15-57-27-5-3-4-24-29(27)32(51)47(31(24)50)26-8-9-28(48)41-30(26)49/h3-7,16,18,26H,8-15,19-20H2,1-2H3,(H,41,48,49). The molecule has 7 amide bonds. The van der Waals surface area contributed by atoms with Gasteiger partial charge in [-0.1, -0.05) is 11.3 Å². The fourth-order valence-electron chi connectivity index (χ4n) is 6.35. The lowest BCUT2D eigenvalue weighted by Gasteiger charge is -2.27. The zero-order valence-electron chi connectivity index (χ0n) is 30.5. The number of urea groups is 1. The first-order valence-electron chi connectivity index (χ1n) is 17.5. The topological polar surface area (TPSA) is 216 Å². The molecule has 1 atom stereocenters. The summed E-state index contributed by atoms with van der Waals surface area (Å²) in [5.41, 5.74) is -3.14. The Hall–Kier alpha value is -6.24. The molecule has 0 radical (unpaired) electrons. The van der Waals surface area contributed by atoms with E-state index in [1.165, 1.54) is 42.9 Å². The maximum absolute atomic E-state index is 13.6. The second-order valence-corrected chi connectivity index (χ2v) is 13.4. The SMILES string of the molecule is CC1(C)C(=O)N(c2ccc(C#N)c(C(F)(F)F)c2)C(=O)N1Cn1cc(COCCOCCOCCOc2cccc3c2C(=O)N(C2CCC(=O)NC2=O)C3=O)nn1. The third-order valence-electron chi connectivity index (χ3n) is 9.29. The molecular weight excluding hydrogens is 761 g/mol. The molecule has 3 aromatic rings. The minimum Gasteiger partial charge on any atom is -0.490 e. The Morgan fingerprint density at radius 2 is 1.65 bits per heavy atom. The fraction of sp³-hybridized carbons (Fsp3) is 0.417. The number of nitrogens with one attached hydrogen (secondary N) is 1. The van der Waals surface area contributed by atoms with E-state index < -0.39 is 64.5 Å². The lowest BCUT2D eigenvalue weighted by atomic mass is 10.0. The normalized spacial score (nSPS) is 18.0.